The van der Waals surface area contributed by atoms with E-state index in [-0.39, 0.29) is 0 Å². The maximum absolute atomic E-state index is 6.09. The van der Waals surface area contributed by atoms with Crippen LogP contribution in [0.1, 0.15) is 18.3 Å². The van der Waals surface area contributed by atoms with E-state index in [1.54, 1.807) is 12.1 Å². The molecule has 2 rings (SSSR count). The molecule has 0 bridgehead atoms. The van der Waals surface area contributed by atoms with E-state index in [0.29, 0.717) is 34.1 Å². The molecule has 1 heterocycles. The zero-order valence-corrected chi connectivity index (χ0v) is 11.6. The third-order valence-electron chi connectivity index (χ3n) is 2.34. The number of benzene rings is 1. The van der Waals surface area contributed by atoms with Crippen molar-refractivity contribution >= 4 is 23.2 Å². The number of aryl methyl sites for hydroxylation is 2. The normalized spacial score (nSPS) is 10.4. The van der Waals surface area contributed by atoms with Crippen LogP contribution in [-0.4, -0.2) is 9.97 Å². The molecular formula is C13H12Cl2N2O. The van der Waals surface area contributed by atoms with Crippen LogP contribution in [0, 0.1) is 6.92 Å². The van der Waals surface area contributed by atoms with E-state index < -0.39 is 0 Å². The summed E-state index contributed by atoms with van der Waals surface area (Å²) in [7, 11) is 0. The monoisotopic (exact) mass is 282 g/mol. The van der Waals surface area contributed by atoms with Crippen LogP contribution in [0.2, 0.25) is 10.2 Å². The summed E-state index contributed by atoms with van der Waals surface area (Å²) in [5, 5.41) is 0.905. The van der Waals surface area contributed by atoms with E-state index >= 15 is 0 Å². The Morgan fingerprint density at radius 3 is 2.61 bits per heavy atom. The molecule has 18 heavy (non-hydrogen) atoms. The molecule has 0 N–H and O–H groups in total. The van der Waals surface area contributed by atoms with Crippen molar-refractivity contribution < 1.29 is 4.74 Å². The Bertz CT molecular complexity index is 573. The maximum Gasteiger partial charge on any atom is 0.224 e. The van der Waals surface area contributed by atoms with Gasteiger partial charge >= 0.3 is 0 Å². The summed E-state index contributed by atoms with van der Waals surface area (Å²) < 4.78 is 5.62. The molecular weight excluding hydrogens is 271 g/mol. The fourth-order valence-electron chi connectivity index (χ4n) is 1.45. The first-order valence-electron chi connectivity index (χ1n) is 5.56. The first-order chi connectivity index (χ1) is 8.58. The number of rotatable bonds is 3. The summed E-state index contributed by atoms with van der Waals surface area (Å²) in [6.45, 7) is 3.92. The van der Waals surface area contributed by atoms with Crippen molar-refractivity contribution in [1.82, 2.24) is 9.97 Å². The fraction of sp³-hybridized carbons (Fsp3) is 0.231. The SMILES string of the molecule is CCc1nc(Cl)cc(Oc2ccc(C)cc2Cl)n1. The smallest absolute Gasteiger partial charge is 0.224 e. The lowest BCUT2D eigenvalue weighted by Gasteiger charge is -2.08. The number of halogens is 2. The average molecular weight is 283 g/mol. The third kappa shape index (κ3) is 3.12. The van der Waals surface area contributed by atoms with E-state index in [2.05, 4.69) is 9.97 Å². The summed E-state index contributed by atoms with van der Waals surface area (Å²) in [4.78, 5) is 8.31. The number of hydrogen-bond donors (Lipinski definition) is 0. The molecule has 3 nitrogen and oxygen atoms in total. The van der Waals surface area contributed by atoms with Crippen LogP contribution in [0.25, 0.3) is 0 Å². The molecule has 1 aromatic heterocycles. The van der Waals surface area contributed by atoms with Gasteiger partial charge in [0.2, 0.25) is 5.88 Å². The molecule has 0 aliphatic heterocycles. The van der Waals surface area contributed by atoms with Gasteiger partial charge in [0, 0.05) is 12.5 Å². The molecule has 0 radical (unpaired) electrons. The highest BCUT2D eigenvalue weighted by atomic mass is 35.5. The van der Waals surface area contributed by atoms with Crippen molar-refractivity contribution in [2.45, 2.75) is 20.3 Å². The molecule has 0 aliphatic carbocycles. The number of aromatic nitrogens is 2. The molecule has 0 unspecified atom stereocenters. The van der Waals surface area contributed by atoms with Gasteiger partial charge in [-0.2, -0.15) is 4.98 Å². The zero-order valence-electron chi connectivity index (χ0n) is 10.1. The van der Waals surface area contributed by atoms with E-state index in [1.165, 1.54) is 0 Å². The highest BCUT2D eigenvalue weighted by Crippen LogP contribution is 2.29. The number of hydrogen-bond acceptors (Lipinski definition) is 3. The lowest BCUT2D eigenvalue weighted by atomic mass is 10.2. The summed E-state index contributed by atoms with van der Waals surface area (Å²) in [5.41, 5.74) is 1.07. The second-order valence-corrected chi connectivity index (χ2v) is 4.63. The minimum atomic E-state index is 0.361. The van der Waals surface area contributed by atoms with Gasteiger partial charge in [-0.15, -0.1) is 0 Å². The van der Waals surface area contributed by atoms with Crippen molar-refractivity contribution in [1.29, 1.82) is 0 Å². The number of ether oxygens (including phenoxy) is 1. The summed E-state index contributed by atoms with van der Waals surface area (Å²) >= 11 is 12.0. The Morgan fingerprint density at radius 2 is 1.94 bits per heavy atom. The van der Waals surface area contributed by atoms with Gasteiger partial charge in [-0.05, 0) is 24.6 Å². The van der Waals surface area contributed by atoms with Crippen LogP contribution in [0.4, 0.5) is 0 Å². The molecule has 0 saturated heterocycles. The van der Waals surface area contributed by atoms with Gasteiger partial charge in [0.05, 0.1) is 5.02 Å². The predicted molar refractivity (Wildman–Crippen MR) is 72.7 cm³/mol. The number of nitrogens with zero attached hydrogens (tertiary/aromatic N) is 2. The maximum atomic E-state index is 6.09. The first-order valence-corrected chi connectivity index (χ1v) is 6.31. The van der Waals surface area contributed by atoms with Crippen LogP contribution >= 0.6 is 23.2 Å². The largest absolute Gasteiger partial charge is 0.437 e. The summed E-state index contributed by atoms with van der Waals surface area (Å²) in [6, 6.07) is 7.13. The molecule has 1 aromatic carbocycles. The van der Waals surface area contributed by atoms with E-state index in [0.717, 1.165) is 5.56 Å². The van der Waals surface area contributed by atoms with Gasteiger partial charge in [-0.1, -0.05) is 36.2 Å². The molecule has 5 heteroatoms. The van der Waals surface area contributed by atoms with Crippen molar-refractivity contribution in [2.24, 2.45) is 0 Å². The molecule has 0 aliphatic rings. The standard InChI is InChI=1S/C13H12Cl2N2O/c1-3-12-16-11(15)7-13(17-12)18-10-5-4-8(2)6-9(10)14/h4-7H,3H2,1-2H3. The Labute approximate surface area is 116 Å². The van der Waals surface area contributed by atoms with Crippen LogP contribution < -0.4 is 4.74 Å². The molecule has 0 amide bonds. The zero-order chi connectivity index (χ0) is 13.1. The lowest BCUT2D eigenvalue weighted by molar-refractivity contribution is 0.459. The second-order valence-electron chi connectivity index (χ2n) is 3.83. The molecule has 2 aromatic rings. The first kappa shape index (κ1) is 13.1. The second kappa shape index (κ2) is 5.55. The molecule has 0 fully saturated rings. The Balaban J connectivity index is 2.30. The van der Waals surface area contributed by atoms with Gasteiger partial charge in [-0.25, -0.2) is 4.98 Å². The van der Waals surface area contributed by atoms with Gasteiger partial charge in [-0.3, -0.25) is 0 Å². The van der Waals surface area contributed by atoms with Crippen LogP contribution in [0.5, 0.6) is 11.6 Å². The van der Waals surface area contributed by atoms with Crippen LogP contribution in [0.3, 0.4) is 0 Å². The highest BCUT2D eigenvalue weighted by molar-refractivity contribution is 6.32. The van der Waals surface area contributed by atoms with Gasteiger partial charge in [0.1, 0.15) is 16.7 Å². The average Bonchev–Trinajstić information content (AvgIpc) is 2.32. The molecule has 0 saturated carbocycles. The van der Waals surface area contributed by atoms with E-state index in [1.807, 2.05) is 26.0 Å². The van der Waals surface area contributed by atoms with Crippen LogP contribution in [0.15, 0.2) is 24.3 Å². The molecule has 94 valence electrons. The van der Waals surface area contributed by atoms with E-state index in [9.17, 15) is 0 Å². The topological polar surface area (TPSA) is 35.0 Å². The van der Waals surface area contributed by atoms with Gasteiger partial charge in [0.15, 0.2) is 0 Å². The minimum Gasteiger partial charge on any atom is -0.437 e. The van der Waals surface area contributed by atoms with Crippen LogP contribution in [-0.2, 0) is 6.42 Å². The summed E-state index contributed by atoms with van der Waals surface area (Å²) in [5.74, 6) is 1.59. The van der Waals surface area contributed by atoms with E-state index in [4.69, 9.17) is 27.9 Å². The Hall–Kier alpha value is -1.32. The van der Waals surface area contributed by atoms with Crippen molar-refractivity contribution in [3.63, 3.8) is 0 Å². The van der Waals surface area contributed by atoms with Crippen molar-refractivity contribution in [3.05, 3.63) is 45.8 Å². The molecule has 0 atom stereocenters. The van der Waals surface area contributed by atoms with Gasteiger partial charge in [0.25, 0.3) is 0 Å². The summed E-state index contributed by atoms with van der Waals surface area (Å²) in [6.07, 6.45) is 0.693. The Morgan fingerprint density at radius 1 is 1.17 bits per heavy atom. The highest BCUT2D eigenvalue weighted by Gasteiger charge is 2.07. The third-order valence-corrected chi connectivity index (χ3v) is 2.82. The Kier molecular flexibility index (Phi) is 4.04. The quantitative estimate of drug-likeness (QED) is 0.781. The molecule has 0 spiro atoms. The van der Waals surface area contributed by atoms with Gasteiger partial charge < -0.3 is 4.74 Å². The lowest BCUT2D eigenvalue weighted by Crippen LogP contribution is -1.96. The minimum absolute atomic E-state index is 0.361. The van der Waals surface area contributed by atoms with Crippen molar-refractivity contribution in [3.8, 4) is 11.6 Å². The predicted octanol–water partition coefficient (Wildman–Crippen LogP) is 4.45. The van der Waals surface area contributed by atoms with Crippen molar-refractivity contribution in [2.75, 3.05) is 0 Å². The fourth-order valence-corrected chi connectivity index (χ4v) is 1.92.